The van der Waals surface area contributed by atoms with Gasteiger partial charge in [-0.2, -0.15) is 0 Å². The number of benzene rings is 2. The van der Waals surface area contributed by atoms with E-state index in [0.29, 0.717) is 13.0 Å². The smallest absolute Gasteiger partial charge is 0.315 e. The Kier molecular flexibility index (Phi) is 5.48. The van der Waals surface area contributed by atoms with Crippen molar-refractivity contribution in [1.29, 1.82) is 0 Å². The minimum atomic E-state index is -1.08. The molecule has 0 aliphatic heterocycles. The summed E-state index contributed by atoms with van der Waals surface area (Å²) in [5, 5.41) is 9.30. The molecule has 0 heterocycles. The summed E-state index contributed by atoms with van der Waals surface area (Å²) in [5.41, 5.74) is 1.94. The van der Waals surface area contributed by atoms with Crippen LogP contribution in [0.5, 0.6) is 0 Å². The van der Waals surface area contributed by atoms with Crippen molar-refractivity contribution in [3.63, 3.8) is 0 Å². The highest BCUT2D eigenvalue weighted by Gasteiger charge is 2.17. The van der Waals surface area contributed by atoms with E-state index in [2.05, 4.69) is 4.84 Å². The maximum absolute atomic E-state index is 11.8. The van der Waals surface area contributed by atoms with Crippen LogP contribution in [0.1, 0.15) is 11.1 Å². The lowest BCUT2D eigenvalue weighted by atomic mass is 10.1. The van der Waals surface area contributed by atoms with Gasteiger partial charge in [0, 0.05) is 13.1 Å². The van der Waals surface area contributed by atoms with Crippen molar-refractivity contribution >= 4 is 6.09 Å². The van der Waals surface area contributed by atoms with Crippen molar-refractivity contribution in [2.45, 2.75) is 13.0 Å². The average Bonchev–Trinajstić information content (AvgIpc) is 2.52. The summed E-state index contributed by atoms with van der Waals surface area (Å²) < 4.78 is 0. The normalized spacial score (nSPS) is 10.0. The molecule has 6 nitrogen and oxygen atoms in total. The molecule has 6 heteroatoms. The van der Waals surface area contributed by atoms with Crippen LogP contribution in [0.3, 0.4) is 0 Å². The second-order valence-electron chi connectivity index (χ2n) is 4.72. The first-order valence-electron chi connectivity index (χ1n) is 6.84. The Bertz CT molecular complexity index is 617. The van der Waals surface area contributed by atoms with E-state index in [1.54, 1.807) is 0 Å². The number of hydrogen-bond acceptors (Lipinski definition) is 4. The fourth-order valence-electron chi connectivity index (χ4n) is 2.07. The van der Waals surface area contributed by atoms with E-state index in [1.807, 2.05) is 60.7 Å². The van der Waals surface area contributed by atoms with E-state index in [-0.39, 0.29) is 6.54 Å². The van der Waals surface area contributed by atoms with Gasteiger partial charge in [0.25, 0.3) is 0 Å². The highest BCUT2D eigenvalue weighted by molar-refractivity contribution is 5.66. The number of carbonyl (C=O) groups is 1. The van der Waals surface area contributed by atoms with Crippen molar-refractivity contribution in [2.24, 2.45) is 0 Å². The first-order chi connectivity index (χ1) is 10.6. The van der Waals surface area contributed by atoms with E-state index < -0.39 is 11.2 Å². The molecule has 2 aromatic rings. The highest BCUT2D eigenvalue weighted by Crippen LogP contribution is 2.09. The number of nitrogens with zero attached hydrogens (tertiary/aromatic N) is 2. The average molecular weight is 300 g/mol. The van der Waals surface area contributed by atoms with Crippen LogP contribution in [0, 0.1) is 10.1 Å². The van der Waals surface area contributed by atoms with Gasteiger partial charge in [0.1, 0.15) is 0 Å². The zero-order valence-corrected chi connectivity index (χ0v) is 11.9. The molecular weight excluding hydrogens is 284 g/mol. The fraction of sp³-hybridized carbons (Fsp3) is 0.188. The SMILES string of the molecule is O=C(O[N+](=O)[O-])N(CCc1ccccc1)Cc1ccccc1. The molecule has 2 rings (SSSR count). The molecule has 0 atom stereocenters. The topological polar surface area (TPSA) is 72.7 Å². The van der Waals surface area contributed by atoms with E-state index in [4.69, 9.17) is 0 Å². The molecular formula is C16H16N2O4. The maximum atomic E-state index is 11.8. The van der Waals surface area contributed by atoms with Crippen molar-refractivity contribution in [2.75, 3.05) is 6.54 Å². The van der Waals surface area contributed by atoms with Gasteiger partial charge < -0.3 is 4.90 Å². The zero-order chi connectivity index (χ0) is 15.8. The van der Waals surface area contributed by atoms with Crippen LogP contribution in [0.4, 0.5) is 4.79 Å². The molecule has 114 valence electrons. The highest BCUT2D eigenvalue weighted by atomic mass is 17.0. The first kappa shape index (κ1) is 15.5. The monoisotopic (exact) mass is 300 g/mol. The largest absolute Gasteiger partial charge is 0.399 e. The lowest BCUT2D eigenvalue weighted by Crippen LogP contribution is -2.34. The Morgan fingerprint density at radius 2 is 1.55 bits per heavy atom. The third kappa shape index (κ3) is 4.90. The van der Waals surface area contributed by atoms with E-state index >= 15 is 0 Å². The second-order valence-corrected chi connectivity index (χ2v) is 4.72. The predicted octanol–water partition coefficient (Wildman–Crippen LogP) is 3.06. The molecule has 2 aromatic carbocycles. The maximum Gasteiger partial charge on any atom is 0.399 e. The summed E-state index contributed by atoms with van der Waals surface area (Å²) >= 11 is 0. The third-order valence-electron chi connectivity index (χ3n) is 3.14. The predicted molar refractivity (Wildman–Crippen MR) is 80.5 cm³/mol. The van der Waals surface area contributed by atoms with Gasteiger partial charge in [-0.3, -0.25) is 0 Å². The summed E-state index contributed by atoms with van der Waals surface area (Å²) in [6.07, 6.45) is -0.356. The minimum absolute atomic E-state index is 0.264. The number of hydrogen-bond donors (Lipinski definition) is 0. The molecule has 1 amide bonds. The van der Waals surface area contributed by atoms with Crippen LogP contribution in [0.25, 0.3) is 0 Å². The van der Waals surface area contributed by atoms with Crippen molar-refractivity contribution in [3.8, 4) is 0 Å². The molecule has 0 bridgehead atoms. The summed E-state index contributed by atoms with van der Waals surface area (Å²) in [5.74, 6) is 0. The molecule has 0 saturated heterocycles. The van der Waals surface area contributed by atoms with Crippen LogP contribution in [-0.2, 0) is 17.8 Å². The number of rotatable bonds is 6. The second kappa shape index (κ2) is 7.78. The van der Waals surface area contributed by atoms with Crippen LogP contribution in [0.2, 0.25) is 0 Å². The van der Waals surface area contributed by atoms with Gasteiger partial charge in [0.2, 0.25) is 0 Å². The Morgan fingerprint density at radius 3 is 2.09 bits per heavy atom. The molecule has 0 saturated carbocycles. The van der Waals surface area contributed by atoms with Crippen molar-refractivity contribution in [3.05, 3.63) is 81.9 Å². The molecule has 22 heavy (non-hydrogen) atoms. The van der Waals surface area contributed by atoms with Crippen LogP contribution in [-0.4, -0.2) is 22.6 Å². The lowest BCUT2D eigenvalue weighted by Gasteiger charge is -2.21. The molecule has 0 spiro atoms. The quantitative estimate of drug-likeness (QED) is 0.607. The van der Waals surface area contributed by atoms with E-state index in [9.17, 15) is 14.9 Å². The van der Waals surface area contributed by atoms with Crippen LogP contribution in [0.15, 0.2) is 60.7 Å². The van der Waals surface area contributed by atoms with Gasteiger partial charge in [0.15, 0.2) is 0 Å². The summed E-state index contributed by atoms with van der Waals surface area (Å²) in [7, 11) is 0. The van der Waals surface area contributed by atoms with Crippen molar-refractivity contribution < 1.29 is 14.7 Å². The third-order valence-corrected chi connectivity index (χ3v) is 3.14. The van der Waals surface area contributed by atoms with E-state index in [0.717, 1.165) is 11.1 Å². The number of carbonyl (C=O) groups excluding carboxylic acids is 1. The fourth-order valence-corrected chi connectivity index (χ4v) is 2.07. The van der Waals surface area contributed by atoms with Gasteiger partial charge in [0.05, 0.1) is 0 Å². The van der Waals surface area contributed by atoms with Crippen LogP contribution < -0.4 is 0 Å². The molecule has 0 unspecified atom stereocenters. The first-order valence-corrected chi connectivity index (χ1v) is 6.84. The molecule has 0 radical (unpaired) electrons. The summed E-state index contributed by atoms with van der Waals surface area (Å²) in [4.78, 5) is 27.6. The Morgan fingerprint density at radius 1 is 1.00 bits per heavy atom. The van der Waals surface area contributed by atoms with Gasteiger partial charge in [-0.15, -0.1) is 10.1 Å². The van der Waals surface area contributed by atoms with Gasteiger partial charge in [-0.25, -0.2) is 9.63 Å². The lowest BCUT2D eigenvalue weighted by molar-refractivity contribution is -0.729. The Hall–Kier alpha value is -2.89. The minimum Gasteiger partial charge on any atom is -0.315 e. The molecule has 0 aromatic heterocycles. The summed E-state index contributed by atoms with van der Waals surface area (Å²) in [6.45, 7) is 0.603. The molecule has 0 aliphatic rings. The molecule has 0 aliphatic carbocycles. The van der Waals surface area contributed by atoms with Crippen molar-refractivity contribution in [1.82, 2.24) is 4.90 Å². The van der Waals surface area contributed by atoms with Crippen LogP contribution >= 0.6 is 0 Å². The van der Waals surface area contributed by atoms with Gasteiger partial charge >= 0.3 is 11.2 Å². The summed E-state index contributed by atoms with van der Waals surface area (Å²) in [6, 6.07) is 18.9. The van der Waals surface area contributed by atoms with E-state index in [1.165, 1.54) is 4.90 Å². The zero-order valence-electron chi connectivity index (χ0n) is 11.9. The van der Waals surface area contributed by atoms with Gasteiger partial charge in [-0.05, 0) is 17.5 Å². The van der Waals surface area contributed by atoms with Gasteiger partial charge in [-0.1, -0.05) is 60.7 Å². The standard InChI is InChI=1S/C16H16N2O4/c19-16(22-18(20)21)17(13-15-9-5-2-6-10-15)12-11-14-7-3-1-4-8-14/h1-10H,11-13H2. The Labute approximate surface area is 128 Å². The molecule has 0 fully saturated rings. The molecule has 0 N–H and O–H groups in total. The number of amides is 1. The Balaban J connectivity index is 2.04.